The molecular weight excluding hydrogens is 417 g/mol. The summed E-state index contributed by atoms with van der Waals surface area (Å²) in [5.74, 6) is -0.679. The van der Waals surface area contributed by atoms with Crippen LogP contribution in [0.15, 0.2) is 79.0 Å². The Bertz CT molecular complexity index is 1330. The third-order valence-electron chi connectivity index (χ3n) is 6.21. The standard InChI is InChI=1S/C27H24FN3O2/c28-20-7-5-6-18(16-20)13-15-31-25(22-9-1-2-10-23(22)27(31)33)26(32)29-14-12-19-17-30-24-11-4-3-8-21(19)24/h1-11,16-17,25,30H,12-15H2,(H,29,32). The smallest absolute Gasteiger partial charge is 0.255 e. The van der Waals surface area contributed by atoms with Crippen molar-refractivity contribution in [3.05, 3.63) is 107 Å². The number of aromatic amines is 1. The molecule has 2 N–H and O–H groups in total. The second-order valence-corrected chi connectivity index (χ2v) is 8.27. The number of hydrogen-bond acceptors (Lipinski definition) is 2. The Morgan fingerprint density at radius 1 is 1.00 bits per heavy atom. The quantitative estimate of drug-likeness (QED) is 0.446. The highest BCUT2D eigenvalue weighted by atomic mass is 19.1. The van der Waals surface area contributed by atoms with E-state index >= 15 is 0 Å². The molecular formula is C27H24FN3O2. The van der Waals surface area contributed by atoms with Crippen LogP contribution in [0.1, 0.15) is 33.1 Å². The van der Waals surface area contributed by atoms with Gasteiger partial charge in [0.05, 0.1) is 0 Å². The number of H-pyrrole nitrogens is 1. The zero-order valence-corrected chi connectivity index (χ0v) is 18.1. The highest BCUT2D eigenvalue weighted by molar-refractivity contribution is 6.04. The third kappa shape index (κ3) is 4.12. The minimum Gasteiger partial charge on any atom is -0.361 e. The van der Waals surface area contributed by atoms with E-state index in [9.17, 15) is 14.0 Å². The predicted molar refractivity (Wildman–Crippen MR) is 125 cm³/mol. The van der Waals surface area contributed by atoms with E-state index in [1.807, 2.05) is 42.6 Å². The lowest BCUT2D eigenvalue weighted by molar-refractivity contribution is -0.125. The van der Waals surface area contributed by atoms with Crippen molar-refractivity contribution in [3.63, 3.8) is 0 Å². The molecule has 0 radical (unpaired) electrons. The average Bonchev–Trinajstić information content (AvgIpc) is 3.37. The summed E-state index contributed by atoms with van der Waals surface area (Å²) in [7, 11) is 0. The second kappa shape index (κ2) is 8.90. The largest absolute Gasteiger partial charge is 0.361 e. The first-order valence-corrected chi connectivity index (χ1v) is 11.1. The summed E-state index contributed by atoms with van der Waals surface area (Å²) in [5.41, 5.74) is 4.26. The number of carbonyl (C=O) groups excluding carboxylic acids is 2. The maximum atomic E-state index is 13.6. The molecule has 0 aliphatic carbocycles. The van der Waals surface area contributed by atoms with Crippen molar-refractivity contribution in [3.8, 4) is 0 Å². The van der Waals surface area contributed by atoms with Gasteiger partial charge in [0, 0.05) is 35.8 Å². The van der Waals surface area contributed by atoms with E-state index in [1.54, 1.807) is 23.1 Å². The average molecular weight is 442 g/mol. The number of carbonyl (C=O) groups is 2. The SMILES string of the molecule is O=C(NCCc1c[nH]c2ccccc12)C1c2ccccc2C(=O)N1CCc1cccc(F)c1. The molecule has 0 saturated heterocycles. The summed E-state index contributed by atoms with van der Waals surface area (Å²) < 4.78 is 13.6. The number of rotatable bonds is 7. The van der Waals surface area contributed by atoms with Gasteiger partial charge in [0.15, 0.2) is 0 Å². The van der Waals surface area contributed by atoms with Crippen molar-refractivity contribution in [1.82, 2.24) is 15.2 Å². The second-order valence-electron chi connectivity index (χ2n) is 8.27. The van der Waals surface area contributed by atoms with Gasteiger partial charge in [-0.15, -0.1) is 0 Å². The van der Waals surface area contributed by atoms with Gasteiger partial charge in [-0.3, -0.25) is 9.59 Å². The van der Waals surface area contributed by atoms with Crippen molar-refractivity contribution < 1.29 is 14.0 Å². The lowest BCUT2D eigenvalue weighted by atomic mass is 10.0. The Morgan fingerprint density at radius 3 is 2.70 bits per heavy atom. The minimum absolute atomic E-state index is 0.168. The Morgan fingerprint density at radius 2 is 1.82 bits per heavy atom. The first-order chi connectivity index (χ1) is 16.1. The number of aromatic nitrogens is 1. The van der Waals surface area contributed by atoms with Crippen LogP contribution in [0.3, 0.4) is 0 Å². The van der Waals surface area contributed by atoms with Crippen LogP contribution in [0.5, 0.6) is 0 Å². The molecule has 166 valence electrons. The van der Waals surface area contributed by atoms with Crippen LogP contribution in [0.2, 0.25) is 0 Å². The van der Waals surface area contributed by atoms with Gasteiger partial charge in [0.25, 0.3) is 5.91 Å². The molecule has 2 heterocycles. The minimum atomic E-state index is -0.690. The summed E-state index contributed by atoms with van der Waals surface area (Å²) >= 11 is 0. The van der Waals surface area contributed by atoms with Gasteiger partial charge in [-0.1, -0.05) is 48.5 Å². The Hall–Kier alpha value is -3.93. The van der Waals surface area contributed by atoms with Gasteiger partial charge in [-0.2, -0.15) is 0 Å². The number of nitrogens with one attached hydrogen (secondary N) is 2. The zero-order valence-electron chi connectivity index (χ0n) is 18.1. The number of fused-ring (bicyclic) bond motifs is 2. The topological polar surface area (TPSA) is 65.2 Å². The lowest BCUT2D eigenvalue weighted by Crippen LogP contribution is -2.40. The number of halogens is 1. The van der Waals surface area contributed by atoms with Gasteiger partial charge in [-0.25, -0.2) is 4.39 Å². The summed E-state index contributed by atoms with van der Waals surface area (Å²) in [6, 6.07) is 20.9. The molecule has 0 fully saturated rings. The molecule has 3 aromatic carbocycles. The van der Waals surface area contributed by atoms with E-state index in [0.29, 0.717) is 37.1 Å². The van der Waals surface area contributed by atoms with Crippen LogP contribution in [0.4, 0.5) is 4.39 Å². The van der Waals surface area contributed by atoms with E-state index in [4.69, 9.17) is 0 Å². The molecule has 5 rings (SSSR count). The van der Waals surface area contributed by atoms with E-state index in [0.717, 1.165) is 22.0 Å². The molecule has 2 amide bonds. The molecule has 1 unspecified atom stereocenters. The molecule has 1 atom stereocenters. The molecule has 1 aromatic heterocycles. The highest BCUT2D eigenvalue weighted by Gasteiger charge is 2.40. The molecule has 0 spiro atoms. The van der Waals surface area contributed by atoms with Crippen molar-refractivity contribution in [2.75, 3.05) is 13.1 Å². The molecule has 6 heteroatoms. The maximum Gasteiger partial charge on any atom is 0.255 e. The molecule has 4 aromatic rings. The van der Waals surface area contributed by atoms with Gasteiger partial charge < -0.3 is 15.2 Å². The van der Waals surface area contributed by atoms with E-state index in [2.05, 4.69) is 16.4 Å². The highest BCUT2D eigenvalue weighted by Crippen LogP contribution is 2.34. The number of amides is 2. The van der Waals surface area contributed by atoms with Crippen LogP contribution >= 0.6 is 0 Å². The van der Waals surface area contributed by atoms with Crippen LogP contribution in [0, 0.1) is 5.82 Å². The first-order valence-electron chi connectivity index (χ1n) is 11.1. The fraction of sp³-hybridized carbons (Fsp3) is 0.185. The summed E-state index contributed by atoms with van der Waals surface area (Å²) in [6.07, 6.45) is 3.12. The normalized spacial score (nSPS) is 15.1. The fourth-order valence-corrected chi connectivity index (χ4v) is 4.58. The van der Waals surface area contributed by atoms with Gasteiger partial charge >= 0.3 is 0 Å². The Kier molecular flexibility index (Phi) is 5.65. The predicted octanol–water partition coefficient (Wildman–Crippen LogP) is 4.41. The van der Waals surface area contributed by atoms with Crippen molar-refractivity contribution in [1.29, 1.82) is 0 Å². The van der Waals surface area contributed by atoms with Crippen molar-refractivity contribution >= 4 is 22.7 Å². The Labute approximate surface area is 191 Å². The zero-order chi connectivity index (χ0) is 22.8. The van der Waals surface area contributed by atoms with E-state index < -0.39 is 6.04 Å². The van der Waals surface area contributed by atoms with Gasteiger partial charge in [-0.05, 0) is 53.8 Å². The number of nitrogens with zero attached hydrogens (tertiary/aromatic N) is 1. The monoisotopic (exact) mass is 441 g/mol. The third-order valence-corrected chi connectivity index (χ3v) is 6.21. The molecule has 0 bridgehead atoms. The number of hydrogen-bond donors (Lipinski definition) is 2. The Balaban J connectivity index is 1.30. The number of para-hydroxylation sites is 1. The lowest BCUT2D eigenvalue weighted by Gasteiger charge is -2.24. The van der Waals surface area contributed by atoms with E-state index in [1.165, 1.54) is 12.1 Å². The van der Waals surface area contributed by atoms with Gasteiger partial charge in [0.1, 0.15) is 11.9 Å². The van der Waals surface area contributed by atoms with Crippen LogP contribution in [-0.2, 0) is 17.6 Å². The van der Waals surface area contributed by atoms with Crippen LogP contribution < -0.4 is 5.32 Å². The summed E-state index contributed by atoms with van der Waals surface area (Å²) in [4.78, 5) is 31.2. The van der Waals surface area contributed by atoms with Crippen LogP contribution in [-0.4, -0.2) is 34.8 Å². The maximum absolute atomic E-state index is 13.6. The summed E-state index contributed by atoms with van der Waals surface area (Å²) in [5, 5.41) is 4.16. The molecule has 33 heavy (non-hydrogen) atoms. The molecule has 5 nitrogen and oxygen atoms in total. The van der Waals surface area contributed by atoms with E-state index in [-0.39, 0.29) is 17.6 Å². The van der Waals surface area contributed by atoms with Crippen LogP contribution in [0.25, 0.3) is 10.9 Å². The first kappa shape index (κ1) is 20.9. The van der Waals surface area contributed by atoms with Crippen molar-refractivity contribution in [2.24, 2.45) is 0 Å². The molecule has 1 aliphatic rings. The number of benzene rings is 3. The fourth-order valence-electron chi connectivity index (χ4n) is 4.58. The van der Waals surface area contributed by atoms with Crippen molar-refractivity contribution in [2.45, 2.75) is 18.9 Å². The summed E-state index contributed by atoms with van der Waals surface area (Å²) in [6.45, 7) is 0.794. The molecule has 0 saturated carbocycles. The van der Waals surface area contributed by atoms with Gasteiger partial charge in [0.2, 0.25) is 5.91 Å². The molecule has 1 aliphatic heterocycles.